The molecule has 0 radical (unpaired) electrons. The van der Waals surface area contributed by atoms with Crippen LogP contribution in [0.25, 0.3) is 0 Å². The van der Waals surface area contributed by atoms with Crippen LogP contribution in [0.1, 0.15) is 41.5 Å². The third kappa shape index (κ3) is 4.07. The molecule has 0 aromatic carbocycles. The first kappa shape index (κ1) is 16.2. The van der Waals surface area contributed by atoms with E-state index in [0.717, 1.165) is 26.2 Å². The van der Waals surface area contributed by atoms with Gasteiger partial charge in [0.25, 0.3) is 0 Å². The highest BCUT2D eigenvalue weighted by Crippen LogP contribution is 2.59. The molecule has 3 heteroatoms. The number of carbonyl (C=O) groups is 1. The van der Waals surface area contributed by atoms with E-state index in [1.165, 1.54) is 5.57 Å². The molecule has 110 valence electrons. The van der Waals surface area contributed by atoms with Crippen LogP contribution in [0.3, 0.4) is 0 Å². The van der Waals surface area contributed by atoms with Gasteiger partial charge in [0.2, 0.25) is 5.91 Å². The Labute approximate surface area is 118 Å². The molecule has 1 fully saturated rings. The Morgan fingerprint density at radius 3 is 2.32 bits per heavy atom. The number of likely N-dealkylation sites (N-methyl/N-ethyl adjacent to an activating group) is 1. The summed E-state index contributed by atoms with van der Waals surface area (Å²) in [6.07, 6.45) is 2.24. The van der Waals surface area contributed by atoms with Gasteiger partial charge in [-0.25, -0.2) is 0 Å². The zero-order chi connectivity index (χ0) is 14.6. The van der Waals surface area contributed by atoms with E-state index in [1.807, 2.05) is 0 Å². The summed E-state index contributed by atoms with van der Waals surface area (Å²) in [5, 5.41) is 3.09. The van der Waals surface area contributed by atoms with Crippen molar-refractivity contribution in [2.75, 3.05) is 26.2 Å². The third-order valence-electron chi connectivity index (χ3n) is 4.33. The SMILES string of the molecule is CCN(CC)CCNC(=O)C1C(C=C(C)C)C1(C)C. The van der Waals surface area contributed by atoms with Crippen molar-refractivity contribution in [2.45, 2.75) is 41.5 Å². The fraction of sp³-hybridized carbons (Fsp3) is 0.812. The van der Waals surface area contributed by atoms with Crippen LogP contribution in [0.4, 0.5) is 0 Å². The summed E-state index contributed by atoms with van der Waals surface area (Å²) in [6, 6.07) is 0. The number of hydrogen-bond acceptors (Lipinski definition) is 2. The van der Waals surface area contributed by atoms with Gasteiger partial charge in [-0.3, -0.25) is 4.79 Å². The zero-order valence-electron chi connectivity index (χ0n) is 13.4. The summed E-state index contributed by atoms with van der Waals surface area (Å²) >= 11 is 0. The van der Waals surface area contributed by atoms with Crippen LogP contribution >= 0.6 is 0 Å². The number of nitrogens with one attached hydrogen (secondary N) is 1. The first-order chi connectivity index (χ1) is 8.84. The van der Waals surface area contributed by atoms with Crippen molar-refractivity contribution >= 4 is 5.91 Å². The predicted octanol–water partition coefficient (Wildman–Crippen LogP) is 2.68. The van der Waals surface area contributed by atoms with Crippen molar-refractivity contribution in [1.82, 2.24) is 10.2 Å². The molecule has 1 aliphatic rings. The Balaban J connectivity index is 2.41. The van der Waals surface area contributed by atoms with Gasteiger partial charge in [-0.1, -0.05) is 39.3 Å². The van der Waals surface area contributed by atoms with Gasteiger partial charge in [-0.15, -0.1) is 0 Å². The van der Waals surface area contributed by atoms with Crippen LogP contribution in [-0.2, 0) is 4.79 Å². The average molecular weight is 266 g/mol. The lowest BCUT2D eigenvalue weighted by Crippen LogP contribution is -2.36. The molecule has 1 saturated carbocycles. The highest BCUT2D eigenvalue weighted by molar-refractivity contribution is 5.83. The van der Waals surface area contributed by atoms with Gasteiger partial charge in [0.05, 0.1) is 5.92 Å². The summed E-state index contributed by atoms with van der Waals surface area (Å²) in [6.45, 7) is 16.7. The minimum atomic E-state index is 0.122. The van der Waals surface area contributed by atoms with E-state index in [1.54, 1.807) is 0 Å². The van der Waals surface area contributed by atoms with Crippen LogP contribution in [-0.4, -0.2) is 37.0 Å². The Hall–Kier alpha value is -0.830. The van der Waals surface area contributed by atoms with Crippen molar-refractivity contribution in [3.8, 4) is 0 Å². The maximum atomic E-state index is 12.2. The molecule has 1 amide bonds. The molecule has 0 aliphatic heterocycles. The van der Waals surface area contributed by atoms with Crippen molar-refractivity contribution in [3.63, 3.8) is 0 Å². The molecule has 2 atom stereocenters. The molecular weight excluding hydrogens is 236 g/mol. The second kappa shape index (κ2) is 6.56. The van der Waals surface area contributed by atoms with Gasteiger partial charge in [0.15, 0.2) is 0 Å². The van der Waals surface area contributed by atoms with Gasteiger partial charge in [-0.2, -0.15) is 0 Å². The standard InChI is InChI=1S/C16H30N2O/c1-7-18(8-2)10-9-17-15(19)14-13(11-12(3)4)16(14,5)6/h11,13-14H,7-10H2,1-6H3,(H,17,19). The lowest BCUT2D eigenvalue weighted by Gasteiger charge is -2.18. The first-order valence-corrected chi connectivity index (χ1v) is 7.49. The predicted molar refractivity (Wildman–Crippen MR) is 81.0 cm³/mol. The van der Waals surface area contributed by atoms with E-state index >= 15 is 0 Å². The van der Waals surface area contributed by atoms with E-state index in [4.69, 9.17) is 0 Å². The van der Waals surface area contributed by atoms with E-state index in [9.17, 15) is 4.79 Å². The van der Waals surface area contributed by atoms with Gasteiger partial charge in [0, 0.05) is 13.1 Å². The fourth-order valence-electron chi connectivity index (χ4n) is 2.84. The molecule has 0 bridgehead atoms. The van der Waals surface area contributed by atoms with Gasteiger partial charge in [-0.05, 0) is 38.3 Å². The topological polar surface area (TPSA) is 32.3 Å². The molecule has 0 heterocycles. The monoisotopic (exact) mass is 266 g/mol. The van der Waals surface area contributed by atoms with E-state index in [0.29, 0.717) is 5.92 Å². The number of nitrogens with zero attached hydrogens (tertiary/aromatic N) is 1. The fourth-order valence-corrected chi connectivity index (χ4v) is 2.84. The summed E-state index contributed by atoms with van der Waals surface area (Å²) < 4.78 is 0. The lowest BCUT2D eigenvalue weighted by atomic mass is 10.1. The molecule has 0 spiro atoms. The summed E-state index contributed by atoms with van der Waals surface area (Å²) in [5.74, 6) is 0.782. The molecule has 1 rings (SSSR count). The second-order valence-corrected chi connectivity index (χ2v) is 6.39. The molecular formula is C16H30N2O. The third-order valence-corrected chi connectivity index (χ3v) is 4.33. The van der Waals surface area contributed by atoms with E-state index in [2.05, 4.69) is 57.8 Å². The highest BCUT2D eigenvalue weighted by Gasteiger charge is 2.60. The van der Waals surface area contributed by atoms with Gasteiger partial charge < -0.3 is 10.2 Å². The maximum Gasteiger partial charge on any atom is 0.224 e. The Bertz CT molecular complexity index is 339. The lowest BCUT2D eigenvalue weighted by molar-refractivity contribution is -0.123. The van der Waals surface area contributed by atoms with Crippen molar-refractivity contribution in [2.24, 2.45) is 17.3 Å². The van der Waals surface area contributed by atoms with Crippen LogP contribution in [0, 0.1) is 17.3 Å². The number of amides is 1. The van der Waals surface area contributed by atoms with Gasteiger partial charge >= 0.3 is 0 Å². The quantitative estimate of drug-likeness (QED) is 0.719. The number of hydrogen-bond donors (Lipinski definition) is 1. The smallest absolute Gasteiger partial charge is 0.224 e. The maximum absolute atomic E-state index is 12.2. The average Bonchev–Trinajstić information content (AvgIpc) is 2.85. The molecule has 1 N–H and O–H groups in total. The van der Waals surface area contributed by atoms with Crippen LogP contribution in [0.2, 0.25) is 0 Å². The number of rotatable bonds is 7. The first-order valence-electron chi connectivity index (χ1n) is 7.49. The Morgan fingerprint density at radius 1 is 1.26 bits per heavy atom. The molecule has 3 nitrogen and oxygen atoms in total. The molecule has 19 heavy (non-hydrogen) atoms. The Morgan fingerprint density at radius 2 is 1.84 bits per heavy atom. The molecule has 1 aliphatic carbocycles. The van der Waals surface area contributed by atoms with Crippen LogP contribution < -0.4 is 5.32 Å². The normalized spacial score (nSPS) is 24.2. The molecule has 2 unspecified atom stereocenters. The van der Waals surface area contributed by atoms with Crippen molar-refractivity contribution < 1.29 is 4.79 Å². The molecule has 0 saturated heterocycles. The summed E-state index contributed by atoms with van der Waals surface area (Å²) in [5.41, 5.74) is 1.42. The minimum Gasteiger partial charge on any atom is -0.355 e. The summed E-state index contributed by atoms with van der Waals surface area (Å²) in [7, 11) is 0. The summed E-state index contributed by atoms with van der Waals surface area (Å²) in [4.78, 5) is 14.5. The van der Waals surface area contributed by atoms with Crippen molar-refractivity contribution in [1.29, 1.82) is 0 Å². The van der Waals surface area contributed by atoms with E-state index < -0.39 is 0 Å². The van der Waals surface area contributed by atoms with Crippen molar-refractivity contribution in [3.05, 3.63) is 11.6 Å². The Kier molecular flexibility index (Phi) is 5.60. The second-order valence-electron chi connectivity index (χ2n) is 6.39. The molecule has 0 aromatic heterocycles. The number of carbonyl (C=O) groups excluding carboxylic acids is 1. The number of allylic oxidation sites excluding steroid dienone is 2. The molecule has 0 aromatic rings. The minimum absolute atomic E-state index is 0.122. The van der Waals surface area contributed by atoms with Crippen LogP contribution in [0.5, 0.6) is 0 Å². The van der Waals surface area contributed by atoms with Crippen LogP contribution in [0.15, 0.2) is 11.6 Å². The zero-order valence-corrected chi connectivity index (χ0v) is 13.4. The largest absolute Gasteiger partial charge is 0.355 e. The van der Waals surface area contributed by atoms with Gasteiger partial charge in [0.1, 0.15) is 0 Å². The highest BCUT2D eigenvalue weighted by atomic mass is 16.2. The van der Waals surface area contributed by atoms with E-state index in [-0.39, 0.29) is 17.2 Å².